The van der Waals surface area contributed by atoms with Crippen LogP contribution in [0.1, 0.15) is 41.9 Å². The Kier molecular flexibility index (Phi) is 12.7. The number of carbonyl (C=O) groups excluding carboxylic acids is 1. The summed E-state index contributed by atoms with van der Waals surface area (Å²) in [5.41, 5.74) is 2.82. The minimum atomic E-state index is -4.33. The maximum atomic E-state index is 12.6. The first-order valence-electron chi connectivity index (χ1n) is 14.5. The van der Waals surface area contributed by atoms with E-state index in [9.17, 15) is 13.2 Å². The molecule has 1 aliphatic heterocycles. The molecule has 0 radical (unpaired) electrons. The van der Waals surface area contributed by atoms with Gasteiger partial charge in [-0.2, -0.15) is 13.1 Å². The Bertz CT molecular complexity index is 1330. The number of aryl methyl sites for hydroxylation is 1. The van der Waals surface area contributed by atoms with Crippen molar-refractivity contribution in [3.63, 3.8) is 0 Å². The molecule has 3 aromatic rings. The summed E-state index contributed by atoms with van der Waals surface area (Å²) in [6.07, 6.45) is 2.12. The minimum absolute atomic E-state index is 0.0312. The van der Waals surface area contributed by atoms with Crippen LogP contribution in [0.3, 0.4) is 0 Å². The van der Waals surface area contributed by atoms with E-state index in [1.165, 1.54) is 0 Å². The molecule has 0 bridgehead atoms. The molecule has 1 amide bonds. The lowest BCUT2D eigenvalue weighted by Gasteiger charge is -2.18. The summed E-state index contributed by atoms with van der Waals surface area (Å²) in [5, 5.41) is 2.52. The van der Waals surface area contributed by atoms with Crippen molar-refractivity contribution in [3.8, 4) is 11.5 Å². The molecule has 11 heteroatoms. The van der Waals surface area contributed by atoms with Gasteiger partial charge in [-0.05, 0) is 48.4 Å². The number of nitrogens with one attached hydrogen (secondary N) is 2. The smallest absolute Gasteiger partial charge is 0.423 e. The van der Waals surface area contributed by atoms with Gasteiger partial charge in [0.2, 0.25) is 0 Å². The molecule has 2 N–H and O–H groups in total. The molecule has 1 heterocycles. The maximum absolute atomic E-state index is 12.6. The third kappa shape index (κ3) is 10.9. The molecule has 1 saturated heterocycles. The molecule has 43 heavy (non-hydrogen) atoms. The van der Waals surface area contributed by atoms with E-state index in [1.54, 1.807) is 7.11 Å². The van der Waals surface area contributed by atoms with Gasteiger partial charge in [0.15, 0.2) is 0 Å². The Morgan fingerprint density at radius 2 is 1.70 bits per heavy atom. The molecule has 1 fully saturated rings. The molecule has 0 saturated carbocycles. The van der Waals surface area contributed by atoms with Crippen LogP contribution in [0.4, 0.5) is 4.79 Å². The largest absolute Gasteiger partial charge is 0.491 e. The van der Waals surface area contributed by atoms with Gasteiger partial charge in [-0.3, -0.25) is 0 Å². The predicted molar refractivity (Wildman–Crippen MR) is 163 cm³/mol. The van der Waals surface area contributed by atoms with Crippen molar-refractivity contribution in [3.05, 3.63) is 95.6 Å². The van der Waals surface area contributed by atoms with E-state index in [2.05, 4.69) is 10.0 Å². The van der Waals surface area contributed by atoms with Crippen LogP contribution in [0.2, 0.25) is 0 Å². The van der Waals surface area contributed by atoms with Crippen LogP contribution in [0, 0.1) is 0 Å². The minimum Gasteiger partial charge on any atom is -0.491 e. The van der Waals surface area contributed by atoms with Gasteiger partial charge < -0.3 is 28.4 Å². The molecule has 1 atom stereocenters. The Hall–Kier alpha value is -3.64. The summed E-state index contributed by atoms with van der Waals surface area (Å²) < 4.78 is 54.8. The second-order valence-corrected chi connectivity index (χ2v) is 11.5. The highest BCUT2D eigenvalue weighted by Crippen LogP contribution is 2.27. The van der Waals surface area contributed by atoms with Gasteiger partial charge in [0.05, 0.1) is 12.7 Å². The molecule has 1 unspecified atom stereocenters. The number of benzene rings is 3. The average Bonchev–Trinajstić information content (AvgIpc) is 3.54. The van der Waals surface area contributed by atoms with Crippen LogP contribution in [-0.2, 0) is 30.4 Å². The molecule has 1 aliphatic rings. The first-order chi connectivity index (χ1) is 20.9. The number of hydrogen-bond acceptors (Lipinski definition) is 8. The number of methoxy groups -OCH3 is 1. The second kappa shape index (κ2) is 16.9. The molecule has 3 aromatic carbocycles. The number of hydrogen-bond donors (Lipinski definition) is 2. The van der Waals surface area contributed by atoms with E-state index in [1.807, 2.05) is 78.9 Å². The third-order valence-corrected chi connectivity index (χ3v) is 7.88. The normalized spacial score (nSPS) is 14.9. The molecule has 10 nitrogen and oxygen atoms in total. The molecular formula is C32H40N2O8S. The lowest BCUT2D eigenvalue weighted by molar-refractivity contribution is 0.0674. The number of amides is 1. The summed E-state index contributed by atoms with van der Waals surface area (Å²) in [4.78, 5) is 12.3. The van der Waals surface area contributed by atoms with Gasteiger partial charge >= 0.3 is 16.4 Å². The lowest BCUT2D eigenvalue weighted by atomic mass is 9.92. The van der Waals surface area contributed by atoms with Crippen molar-refractivity contribution in [2.24, 2.45) is 0 Å². The topological polar surface area (TPSA) is 121 Å². The summed E-state index contributed by atoms with van der Waals surface area (Å²) in [6.45, 7) is 2.32. The molecule has 0 aromatic heterocycles. The fourth-order valence-corrected chi connectivity index (χ4v) is 5.47. The van der Waals surface area contributed by atoms with E-state index in [0.29, 0.717) is 44.2 Å². The predicted octanol–water partition coefficient (Wildman–Crippen LogP) is 4.59. The van der Waals surface area contributed by atoms with Gasteiger partial charge in [0.25, 0.3) is 0 Å². The molecule has 0 aliphatic carbocycles. The maximum Gasteiger partial charge on any atom is 0.423 e. The first kappa shape index (κ1) is 32.3. The van der Waals surface area contributed by atoms with Crippen LogP contribution in [0.25, 0.3) is 0 Å². The highest BCUT2D eigenvalue weighted by molar-refractivity contribution is 7.85. The zero-order valence-electron chi connectivity index (χ0n) is 24.4. The van der Waals surface area contributed by atoms with Crippen molar-refractivity contribution in [1.82, 2.24) is 10.0 Å². The zero-order valence-corrected chi connectivity index (χ0v) is 25.2. The highest BCUT2D eigenvalue weighted by Gasteiger charge is 2.21. The second-order valence-electron chi connectivity index (χ2n) is 10.1. The number of rotatable bonds is 17. The van der Waals surface area contributed by atoms with Crippen LogP contribution in [0.5, 0.6) is 11.5 Å². The van der Waals surface area contributed by atoms with E-state index < -0.39 is 16.4 Å². The number of carbonyl (C=O) groups is 1. The van der Waals surface area contributed by atoms with Crippen molar-refractivity contribution < 1.29 is 36.3 Å². The van der Waals surface area contributed by atoms with Gasteiger partial charge in [-0.1, -0.05) is 66.7 Å². The van der Waals surface area contributed by atoms with Crippen molar-refractivity contribution in [2.75, 3.05) is 46.6 Å². The quantitative estimate of drug-likeness (QED) is 0.212. The van der Waals surface area contributed by atoms with Crippen LogP contribution < -0.4 is 19.5 Å². The SMILES string of the molecule is COCCOc1ccc(CCCNC(=O)OS(=O)(=O)NCC(c2ccccc2)c2ccccc2)c(OCC2CCCO2)c1. The summed E-state index contributed by atoms with van der Waals surface area (Å²) in [5.74, 6) is 1.10. The Morgan fingerprint density at radius 1 is 0.977 bits per heavy atom. The summed E-state index contributed by atoms with van der Waals surface area (Å²) in [6, 6.07) is 24.7. The third-order valence-electron chi connectivity index (χ3n) is 6.99. The van der Waals surface area contributed by atoms with Gasteiger partial charge in [-0.25, -0.2) is 4.79 Å². The fourth-order valence-electron chi connectivity index (χ4n) is 4.78. The van der Waals surface area contributed by atoms with Crippen molar-refractivity contribution in [1.29, 1.82) is 0 Å². The van der Waals surface area contributed by atoms with Crippen LogP contribution >= 0.6 is 0 Å². The fraction of sp³-hybridized carbons (Fsp3) is 0.406. The Balaban J connectivity index is 1.26. The zero-order chi connectivity index (χ0) is 30.3. The Labute approximate surface area is 253 Å². The molecular weight excluding hydrogens is 572 g/mol. The van der Waals surface area contributed by atoms with Crippen molar-refractivity contribution in [2.45, 2.75) is 37.7 Å². The van der Waals surface area contributed by atoms with E-state index >= 15 is 0 Å². The standard InChI is InChI=1S/C32H40N2O8S/c1-38-20-21-40-28-17-16-27(31(22-28)41-24-29-15-9-19-39-29)14-8-18-33-32(35)42-43(36,37)34-23-30(25-10-4-2-5-11-25)26-12-6-3-7-13-26/h2-7,10-13,16-17,22,29-30,34H,8-9,14-15,18-21,23-24H2,1H3,(H,33,35). The average molecular weight is 613 g/mol. The summed E-state index contributed by atoms with van der Waals surface area (Å²) >= 11 is 0. The monoisotopic (exact) mass is 612 g/mol. The summed E-state index contributed by atoms with van der Waals surface area (Å²) in [7, 11) is -2.72. The van der Waals surface area contributed by atoms with Crippen LogP contribution in [0.15, 0.2) is 78.9 Å². The molecule has 4 rings (SSSR count). The van der Waals surface area contributed by atoms with E-state index in [0.717, 1.165) is 36.1 Å². The Morgan fingerprint density at radius 3 is 2.35 bits per heavy atom. The number of ether oxygens (including phenoxy) is 4. The van der Waals surface area contributed by atoms with Gasteiger partial charge in [0, 0.05) is 38.8 Å². The van der Waals surface area contributed by atoms with Gasteiger partial charge in [-0.15, -0.1) is 0 Å². The molecule has 0 spiro atoms. The van der Waals surface area contributed by atoms with Crippen molar-refractivity contribution >= 4 is 16.4 Å². The van der Waals surface area contributed by atoms with Crippen LogP contribution in [-0.4, -0.2) is 67.2 Å². The first-order valence-corrected chi connectivity index (χ1v) is 15.9. The van der Waals surface area contributed by atoms with Gasteiger partial charge in [0.1, 0.15) is 24.7 Å². The molecule has 232 valence electrons. The highest BCUT2D eigenvalue weighted by atomic mass is 32.2. The lowest BCUT2D eigenvalue weighted by Crippen LogP contribution is -2.36. The van der Waals surface area contributed by atoms with E-state index in [-0.39, 0.29) is 25.1 Å². The van der Waals surface area contributed by atoms with E-state index in [4.69, 9.17) is 23.1 Å².